The average Bonchev–Trinajstić information content (AvgIpc) is 2.18. The van der Waals surface area contributed by atoms with E-state index in [0.29, 0.717) is 10.6 Å². The smallest absolute Gasteiger partial charge is 0.116 e. The fourth-order valence-corrected chi connectivity index (χ4v) is 1.99. The number of halogens is 1. The molecule has 0 spiro atoms. The molecule has 0 saturated carbocycles. The van der Waals surface area contributed by atoms with Crippen LogP contribution in [0.15, 0.2) is 24.3 Å². The van der Waals surface area contributed by atoms with Crippen LogP contribution < -0.4 is 0 Å². The molecule has 2 aromatic rings. The van der Waals surface area contributed by atoms with Gasteiger partial charge in [0.25, 0.3) is 0 Å². The number of fused-ring (bicyclic) bond motifs is 1. The molecule has 0 bridgehead atoms. The van der Waals surface area contributed by atoms with E-state index in [1.165, 1.54) is 0 Å². The summed E-state index contributed by atoms with van der Waals surface area (Å²) < 4.78 is 0. The molecular formula is C13H9ClO. The van der Waals surface area contributed by atoms with Gasteiger partial charge >= 0.3 is 0 Å². The lowest BCUT2D eigenvalue weighted by Crippen LogP contribution is -1.85. The Balaban J connectivity index is 3.00. The van der Waals surface area contributed by atoms with E-state index in [-0.39, 0.29) is 5.75 Å². The molecular weight excluding hydrogens is 208 g/mol. The van der Waals surface area contributed by atoms with Crippen molar-refractivity contribution in [3.63, 3.8) is 0 Å². The maximum Gasteiger partial charge on any atom is 0.116 e. The molecule has 2 rings (SSSR count). The third-order valence-electron chi connectivity index (χ3n) is 2.39. The summed E-state index contributed by atoms with van der Waals surface area (Å²) in [6.45, 7) is 1.90. The van der Waals surface area contributed by atoms with Gasteiger partial charge in [-0.1, -0.05) is 23.6 Å². The minimum atomic E-state index is 0.241. The SMILES string of the molecule is C#Cc1c(Cl)ccc2cc(O)cc(C)c12. The topological polar surface area (TPSA) is 20.2 Å². The molecule has 0 heterocycles. The number of aromatic hydroxyl groups is 1. The summed E-state index contributed by atoms with van der Waals surface area (Å²) in [7, 11) is 0. The number of phenolic OH excluding ortho intramolecular Hbond substituents is 1. The Bertz CT molecular complexity index is 579. The molecule has 0 aromatic heterocycles. The van der Waals surface area contributed by atoms with Crippen LogP contribution in [0.5, 0.6) is 5.75 Å². The molecule has 2 aromatic carbocycles. The molecule has 2 heteroatoms. The fourth-order valence-electron chi connectivity index (χ4n) is 1.77. The van der Waals surface area contributed by atoms with Crippen LogP contribution in [0.2, 0.25) is 5.02 Å². The zero-order valence-corrected chi connectivity index (χ0v) is 8.97. The summed E-state index contributed by atoms with van der Waals surface area (Å²) in [5, 5.41) is 11.9. The Morgan fingerprint density at radius 1 is 1.33 bits per heavy atom. The van der Waals surface area contributed by atoms with Gasteiger partial charge in [-0.3, -0.25) is 0 Å². The average molecular weight is 217 g/mol. The van der Waals surface area contributed by atoms with E-state index in [9.17, 15) is 5.11 Å². The predicted molar refractivity (Wildman–Crippen MR) is 63.3 cm³/mol. The summed E-state index contributed by atoms with van der Waals surface area (Å²) >= 11 is 6.01. The highest BCUT2D eigenvalue weighted by Crippen LogP contribution is 2.30. The van der Waals surface area contributed by atoms with Gasteiger partial charge in [-0.15, -0.1) is 6.42 Å². The number of hydrogen-bond donors (Lipinski definition) is 1. The van der Waals surface area contributed by atoms with Gasteiger partial charge in [0, 0.05) is 5.39 Å². The summed E-state index contributed by atoms with van der Waals surface area (Å²) in [6.07, 6.45) is 5.43. The van der Waals surface area contributed by atoms with E-state index in [1.54, 1.807) is 18.2 Å². The highest BCUT2D eigenvalue weighted by molar-refractivity contribution is 6.33. The third kappa shape index (κ3) is 1.54. The van der Waals surface area contributed by atoms with Gasteiger partial charge in [-0.05, 0) is 36.1 Å². The van der Waals surface area contributed by atoms with E-state index >= 15 is 0 Å². The Morgan fingerprint density at radius 3 is 2.73 bits per heavy atom. The summed E-state index contributed by atoms with van der Waals surface area (Å²) in [5.41, 5.74) is 1.62. The van der Waals surface area contributed by atoms with Crippen LogP contribution in [-0.2, 0) is 0 Å². The number of terminal acetylenes is 1. The molecule has 1 N–H and O–H groups in total. The summed E-state index contributed by atoms with van der Waals surface area (Å²) in [6, 6.07) is 6.96. The van der Waals surface area contributed by atoms with Crippen molar-refractivity contribution in [2.24, 2.45) is 0 Å². The Kier molecular flexibility index (Phi) is 2.30. The van der Waals surface area contributed by atoms with Crippen LogP contribution >= 0.6 is 11.6 Å². The Labute approximate surface area is 93.3 Å². The second-order valence-corrected chi connectivity index (χ2v) is 3.83. The molecule has 0 aliphatic heterocycles. The lowest BCUT2D eigenvalue weighted by atomic mass is 10.00. The molecule has 1 nitrogen and oxygen atoms in total. The largest absolute Gasteiger partial charge is 0.508 e. The van der Waals surface area contributed by atoms with Crippen molar-refractivity contribution in [3.05, 3.63) is 40.4 Å². The molecule has 0 unspecified atom stereocenters. The number of aryl methyl sites for hydroxylation is 1. The number of rotatable bonds is 0. The van der Waals surface area contributed by atoms with Crippen molar-refractivity contribution in [1.29, 1.82) is 0 Å². The normalized spacial score (nSPS) is 10.2. The fraction of sp³-hybridized carbons (Fsp3) is 0.0769. The van der Waals surface area contributed by atoms with Gasteiger partial charge in [0.05, 0.1) is 10.6 Å². The molecule has 0 atom stereocenters. The van der Waals surface area contributed by atoms with Crippen molar-refractivity contribution in [2.45, 2.75) is 6.92 Å². The van der Waals surface area contributed by atoms with Crippen molar-refractivity contribution in [3.8, 4) is 18.1 Å². The zero-order valence-electron chi connectivity index (χ0n) is 8.21. The van der Waals surface area contributed by atoms with Crippen LogP contribution in [0.4, 0.5) is 0 Å². The highest BCUT2D eigenvalue weighted by atomic mass is 35.5. The second-order valence-electron chi connectivity index (χ2n) is 3.43. The second kappa shape index (κ2) is 3.49. The standard InChI is InChI=1S/C13H9ClO/c1-3-11-12(14)5-4-9-7-10(15)6-8(2)13(9)11/h1,4-7,15H,2H3. The monoisotopic (exact) mass is 216 g/mol. The van der Waals surface area contributed by atoms with Crippen LogP contribution in [0.1, 0.15) is 11.1 Å². The molecule has 0 radical (unpaired) electrons. The predicted octanol–water partition coefficient (Wildman–Crippen LogP) is 3.49. The van der Waals surface area contributed by atoms with E-state index in [4.69, 9.17) is 18.0 Å². The maximum atomic E-state index is 9.46. The van der Waals surface area contributed by atoms with Gasteiger partial charge in [-0.25, -0.2) is 0 Å². The van der Waals surface area contributed by atoms with E-state index in [2.05, 4.69) is 5.92 Å². The minimum Gasteiger partial charge on any atom is -0.508 e. The van der Waals surface area contributed by atoms with Crippen molar-refractivity contribution >= 4 is 22.4 Å². The molecule has 0 saturated heterocycles. The quantitative estimate of drug-likeness (QED) is 0.669. The van der Waals surface area contributed by atoms with Crippen LogP contribution in [0.25, 0.3) is 10.8 Å². The number of benzene rings is 2. The van der Waals surface area contributed by atoms with Gasteiger partial charge in [-0.2, -0.15) is 0 Å². The lowest BCUT2D eigenvalue weighted by molar-refractivity contribution is 0.476. The third-order valence-corrected chi connectivity index (χ3v) is 2.71. The van der Waals surface area contributed by atoms with Crippen molar-refractivity contribution in [2.75, 3.05) is 0 Å². The van der Waals surface area contributed by atoms with Gasteiger partial charge in [0.2, 0.25) is 0 Å². The van der Waals surface area contributed by atoms with Gasteiger partial charge in [0.15, 0.2) is 0 Å². The van der Waals surface area contributed by atoms with Crippen LogP contribution in [0.3, 0.4) is 0 Å². The molecule has 0 aliphatic carbocycles. The lowest BCUT2D eigenvalue weighted by Gasteiger charge is -2.07. The minimum absolute atomic E-state index is 0.241. The first-order chi connectivity index (χ1) is 7.13. The highest BCUT2D eigenvalue weighted by Gasteiger charge is 2.07. The van der Waals surface area contributed by atoms with E-state index in [0.717, 1.165) is 16.3 Å². The molecule has 0 aliphatic rings. The van der Waals surface area contributed by atoms with Gasteiger partial charge in [0.1, 0.15) is 5.75 Å². The Hall–Kier alpha value is -1.65. The number of phenols is 1. The Morgan fingerprint density at radius 2 is 2.07 bits per heavy atom. The number of hydrogen-bond acceptors (Lipinski definition) is 1. The van der Waals surface area contributed by atoms with Crippen molar-refractivity contribution in [1.82, 2.24) is 0 Å². The first-order valence-electron chi connectivity index (χ1n) is 4.52. The summed E-state index contributed by atoms with van der Waals surface area (Å²) in [4.78, 5) is 0. The van der Waals surface area contributed by atoms with Crippen LogP contribution in [0, 0.1) is 19.3 Å². The maximum absolute atomic E-state index is 9.46. The molecule has 74 valence electrons. The first-order valence-corrected chi connectivity index (χ1v) is 4.89. The first kappa shape index (κ1) is 9.89. The van der Waals surface area contributed by atoms with Gasteiger partial charge < -0.3 is 5.11 Å². The van der Waals surface area contributed by atoms with Crippen molar-refractivity contribution < 1.29 is 5.11 Å². The molecule has 0 fully saturated rings. The van der Waals surface area contributed by atoms with Crippen LogP contribution in [-0.4, -0.2) is 5.11 Å². The summed E-state index contributed by atoms with van der Waals surface area (Å²) in [5.74, 6) is 2.83. The van der Waals surface area contributed by atoms with E-state index in [1.807, 2.05) is 13.0 Å². The van der Waals surface area contributed by atoms with E-state index < -0.39 is 0 Å². The zero-order chi connectivity index (χ0) is 11.0. The molecule has 0 amide bonds. The molecule has 15 heavy (non-hydrogen) atoms.